The number of carbonyl (C=O) groups excluding carboxylic acids is 3. The fraction of sp³-hybridized carbons (Fsp3) is 0.233. The van der Waals surface area contributed by atoms with E-state index in [1.165, 1.54) is 11.6 Å². The van der Waals surface area contributed by atoms with Crippen LogP contribution >= 0.6 is 0 Å². The lowest BCUT2D eigenvalue weighted by atomic mass is 9.99. The lowest BCUT2D eigenvalue weighted by Gasteiger charge is -2.26. The topological polar surface area (TPSA) is 84.9 Å². The monoisotopic (exact) mass is 498 g/mol. The van der Waals surface area contributed by atoms with E-state index in [-0.39, 0.29) is 5.57 Å². The molecule has 7 heteroatoms. The number of amides is 4. The first kappa shape index (κ1) is 25.7. The molecule has 0 aromatic heterocycles. The second-order valence-corrected chi connectivity index (χ2v) is 8.94. The van der Waals surface area contributed by atoms with Crippen LogP contribution in [0.4, 0.5) is 10.5 Å². The molecule has 4 amide bonds. The zero-order chi connectivity index (χ0) is 26.4. The molecule has 7 nitrogen and oxygen atoms in total. The Hall–Kier alpha value is -4.39. The highest BCUT2D eigenvalue weighted by Crippen LogP contribution is 2.24. The van der Waals surface area contributed by atoms with Crippen LogP contribution in [0.5, 0.6) is 11.5 Å². The van der Waals surface area contributed by atoms with Gasteiger partial charge in [0.1, 0.15) is 30.3 Å². The third kappa shape index (κ3) is 6.25. The van der Waals surface area contributed by atoms with Gasteiger partial charge >= 0.3 is 6.03 Å². The largest absolute Gasteiger partial charge is 0.490 e. The molecule has 0 spiro atoms. The summed E-state index contributed by atoms with van der Waals surface area (Å²) in [6, 6.07) is 21.3. The maximum Gasteiger partial charge on any atom is 0.335 e. The normalized spacial score (nSPS) is 15.5. The van der Waals surface area contributed by atoms with Gasteiger partial charge in [-0.25, -0.2) is 9.69 Å². The number of urea groups is 1. The zero-order valence-electron chi connectivity index (χ0n) is 21.2. The Bertz CT molecular complexity index is 1310. The van der Waals surface area contributed by atoms with Crippen LogP contribution in [0.25, 0.3) is 6.08 Å². The molecule has 1 unspecified atom stereocenters. The van der Waals surface area contributed by atoms with Crippen molar-refractivity contribution >= 4 is 29.6 Å². The molecule has 3 aromatic carbocycles. The van der Waals surface area contributed by atoms with E-state index in [9.17, 15) is 14.4 Å². The predicted molar refractivity (Wildman–Crippen MR) is 143 cm³/mol. The molecule has 1 N–H and O–H groups in total. The Morgan fingerprint density at radius 2 is 1.51 bits per heavy atom. The number of carbonyl (C=O) groups is 3. The number of rotatable bonds is 9. The first-order chi connectivity index (χ1) is 17.9. The van der Waals surface area contributed by atoms with Crippen LogP contribution in [0.1, 0.15) is 42.9 Å². The van der Waals surface area contributed by atoms with E-state index in [0.717, 1.165) is 22.6 Å². The van der Waals surface area contributed by atoms with Crippen LogP contribution in [0.2, 0.25) is 0 Å². The zero-order valence-corrected chi connectivity index (χ0v) is 21.2. The van der Waals surface area contributed by atoms with Gasteiger partial charge in [0, 0.05) is 0 Å². The van der Waals surface area contributed by atoms with Crippen molar-refractivity contribution in [2.45, 2.75) is 33.1 Å². The van der Waals surface area contributed by atoms with Gasteiger partial charge < -0.3 is 9.47 Å². The van der Waals surface area contributed by atoms with Gasteiger partial charge in [-0.2, -0.15) is 0 Å². The van der Waals surface area contributed by atoms with Gasteiger partial charge in [-0.1, -0.05) is 50.2 Å². The standard InChI is InChI=1S/C30H30N2O5/c1-4-21(3)23-10-14-26(15-11-23)37-17-16-36-25-12-8-22(9-13-25)19-27-28(33)31-30(35)32(29(27)34)24-7-5-6-20(2)18-24/h5-15,18-19,21H,4,16-17H2,1-3H3,(H,31,33,35). The number of benzene rings is 3. The molecule has 0 bridgehead atoms. The molecule has 1 aliphatic heterocycles. The van der Waals surface area contributed by atoms with Crippen molar-refractivity contribution < 1.29 is 23.9 Å². The van der Waals surface area contributed by atoms with Crippen molar-refractivity contribution in [3.05, 3.63) is 95.1 Å². The molecule has 4 rings (SSSR count). The van der Waals surface area contributed by atoms with Gasteiger partial charge in [-0.15, -0.1) is 0 Å². The van der Waals surface area contributed by atoms with E-state index in [2.05, 4.69) is 31.3 Å². The van der Waals surface area contributed by atoms with Crippen molar-refractivity contribution in [1.29, 1.82) is 0 Å². The number of anilines is 1. The predicted octanol–water partition coefficient (Wildman–Crippen LogP) is 5.63. The molecule has 1 saturated heterocycles. The number of ether oxygens (including phenoxy) is 2. The summed E-state index contributed by atoms with van der Waals surface area (Å²) in [5.74, 6) is 0.554. The summed E-state index contributed by atoms with van der Waals surface area (Å²) in [5.41, 5.74) is 3.09. The summed E-state index contributed by atoms with van der Waals surface area (Å²) >= 11 is 0. The minimum atomic E-state index is -0.768. The summed E-state index contributed by atoms with van der Waals surface area (Å²) in [4.78, 5) is 38.8. The molecular formula is C30H30N2O5. The van der Waals surface area contributed by atoms with E-state index in [1.54, 1.807) is 42.5 Å². The third-order valence-electron chi connectivity index (χ3n) is 6.23. The first-order valence-electron chi connectivity index (χ1n) is 12.3. The van der Waals surface area contributed by atoms with Crippen LogP contribution in [-0.2, 0) is 9.59 Å². The summed E-state index contributed by atoms with van der Waals surface area (Å²) in [6.45, 7) is 6.99. The highest BCUT2D eigenvalue weighted by molar-refractivity contribution is 6.39. The highest BCUT2D eigenvalue weighted by atomic mass is 16.5. The molecule has 190 valence electrons. The molecule has 1 atom stereocenters. The number of hydrogen-bond acceptors (Lipinski definition) is 5. The molecule has 0 radical (unpaired) electrons. The Balaban J connectivity index is 1.35. The second kappa shape index (κ2) is 11.6. The van der Waals surface area contributed by atoms with E-state index >= 15 is 0 Å². The van der Waals surface area contributed by atoms with Crippen LogP contribution in [0.15, 0.2) is 78.4 Å². The minimum Gasteiger partial charge on any atom is -0.490 e. The first-order valence-corrected chi connectivity index (χ1v) is 12.3. The number of nitrogens with zero attached hydrogens (tertiary/aromatic N) is 1. The molecule has 1 aliphatic rings. The molecule has 3 aromatic rings. The van der Waals surface area contributed by atoms with Crippen molar-refractivity contribution in [1.82, 2.24) is 5.32 Å². The van der Waals surface area contributed by atoms with Crippen molar-refractivity contribution in [2.24, 2.45) is 0 Å². The average molecular weight is 499 g/mol. The number of hydrogen-bond donors (Lipinski definition) is 1. The van der Waals surface area contributed by atoms with E-state index in [4.69, 9.17) is 9.47 Å². The Labute approximate surface area is 216 Å². The molecule has 0 aliphatic carbocycles. The van der Waals surface area contributed by atoms with E-state index in [0.29, 0.717) is 36.1 Å². The Kier molecular flexibility index (Phi) is 8.03. The van der Waals surface area contributed by atoms with Crippen molar-refractivity contribution in [2.75, 3.05) is 18.1 Å². The lowest BCUT2D eigenvalue weighted by Crippen LogP contribution is -2.54. The quantitative estimate of drug-likeness (QED) is 0.235. The van der Waals surface area contributed by atoms with Gasteiger partial charge in [-0.3, -0.25) is 14.9 Å². The van der Waals surface area contributed by atoms with Crippen molar-refractivity contribution in [3.63, 3.8) is 0 Å². The summed E-state index contributed by atoms with van der Waals surface area (Å²) in [5, 5.41) is 2.24. The Morgan fingerprint density at radius 1 is 0.892 bits per heavy atom. The number of barbiturate groups is 1. The summed E-state index contributed by atoms with van der Waals surface area (Å²) in [6.07, 6.45) is 2.56. The van der Waals surface area contributed by atoms with Gasteiger partial charge in [-0.05, 0) is 78.4 Å². The molecule has 1 heterocycles. The third-order valence-corrected chi connectivity index (χ3v) is 6.23. The molecule has 0 saturated carbocycles. The Morgan fingerprint density at radius 3 is 2.11 bits per heavy atom. The number of imide groups is 2. The van der Waals surface area contributed by atoms with Gasteiger partial charge in [0.25, 0.3) is 11.8 Å². The molecular weight excluding hydrogens is 468 g/mol. The molecule has 1 fully saturated rings. The molecule has 37 heavy (non-hydrogen) atoms. The van der Waals surface area contributed by atoms with Gasteiger partial charge in [0.05, 0.1) is 5.69 Å². The average Bonchev–Trinajstić information content (AvgIpc) is 2.89. The van der Waals surface area contributed by atoms with Crippen LogP contribution in [0.3, 0.4) is 0 Å². The van der Waals surface area contributed by atoms with E-state index in [1.807, 2.05) is 25.1 Å². The maximum atomic E-state index is 13.0. The second-order valence-electron chi connectivity index (χ2n) is 8.94. The van der Waals surface area contributed by atoms with Crippen LogP contribution in [0, 0.1) is 6.92 Å². The smallest absolute Gasteiger partial charge is 0.335 e. The summed E-state index contributed by atoms with van der Waals surface area (Å²) in [7, 11) is 0. The number of aryl methyl sites for hydroxylation is 1. The summed E-state index contributed by atoms with van der Waals surface area (Å²) < 4.78 is 11.5. The van der Waals surface area contributed by atoms with Gasteiger partial charge in [0.2, 0.25) is 0 Å². The van der Waals surface area contributed by atoms with E-state index < -0.39 is 17.8 Å². The van der Waals surface area contributed by atoms with Crippen molar-refractivity contribution in [3.8, 4) is 11.5 Å². The maximum absolute atomic E-state index is 13.0. The lowest BCUT2D eigenvalue weighted by molar-refractivity contribution is -0.122. The van der Waals surface area contributed by atoms with Crippen LogP contribution < -0.4 is 19.7 Å². The fourth-order valence-corrected chi connectivity index (χ4v) is 3.93. The fourth-order valence-electron chi connectivity index (χ4n) is 3.93. The minimum absolute atomic E-state index is 0.123. The highest BCUT2D eigenvalue weighted by Gasteiger charge is 2.36. The van der Waals surface area contributed by atoms with Crippen LogP contribution in [-0.4, -0.2) is 31.1 Å². The number of nitrogens with one attached hydrogen (secondary N) is 1. The SMILES string of the molecule is CCC(C)c1ccc(OCCOc2ccc(C=C3C(=O)NC(=O)N(c4cccc(C)c4)C3=O)cc2)cc1. The van der Waals surface area contributed by atoms with Gasteiger partial charge in [0.15, 0.2) is 0 Å².